The highest BCUT2D eigenvalue weighted by Gasteiger charge is 2.29. The molecular formula is C17H15NO5. The number of hydrogen-bond donors (Lipinski definition) is 3. The number of aliphatic hydroxyl groups is 1. The van der Waals surface area contributed by atoms with Crippen LogP contribution in [0.5, 0.6) is 17.2 Å². The van der Waals surface area contributed by atoms with Crippen LogP contribution < -0.4 is 10.1 Å². The largest absolute Gasteiger partial charge is 0.508 e. The van der Waals surface area contributed by atoms with Gasteiger partial charge in [0.15, 0.2) is 0 Å². The molecule has 2 aromatic carbocycles. The number of carbonyl (C=O) groups is 1. The summed E-state index contributed by atoms with van der Waals surface area (Å²) in [6.07, 6.45) is -0.278. The van der Waals surface area contributed by atoms with Crippen molar-refractivity contribution in [2.24, 2.45) is 0 Å². The van der Waals surface area contributed by atoms with E-state index in [1.807, 2.05) is 0 Å². The third-order valence-electron chi connectivity index (χ3n) is 3.40. The molecule has 6 heteroatoms. The number of phenols is 1. The van der Waals surface area contributed by atoms with Crippen LogP contribution in [-0.4, -0.2) is 22.9 Å². The van der Waals surface area contributed by atoms with Gasteiger partial charge < -0.3 is 19.7 Å². The Morgan fingerprint density at radius 1 is 1.35 bits per heavy atom. The van der Waals surface area contributed by atoms with Gasteiger partial charge in [-0.05, 0) is 6.07 Å². The number of anilines is 1. The molecule has 1 unspecified atom stereocenters. The lowest BCUT2D eigenvalue weighted by Crippen LogP contribution is -2.18. The number of nitrogens with one attached hydrogen (secondary N) is 1. The number of ether oxygens (including phenoxy) is 2. The van der Waals surface area contributed by atoms with Crippen LogP contribution in [0, 0.1) is 0 Å². The Hall–Kier alpha value is -2.99. The predicted octanol–water partition coefficient (Wildman–Crippen LogP) is 3.31. The Morgan fingerprint density at radius 3 is 2.91 bits per heavy atom. The first-order valence-corrected chi connectivity index (χ1v) is 6.96. The number of fused-ring (bicyclic) bond motifs is 2. The SMILES string of the molecule is C=CCOC(=O)Nc1cc(O)cc2c1C(O)c1ccccc1O2. The van der Waals surface area contributed by atoms with E-state index in [0.717, 1.165) is 0 Å². The monoisotopic (exact) mass is 313 g/mol. The van der Waals surface area contributed by atoms with Crippen LogP contribution in [0.15, 0.2) is 49.1 Å². The molecule has 0 aromatic heterocycles. The first kappa shape index (κ1) is 14.9. The van der Waals surface area contributed by atoms with Crippen molar-refractivity contribution < 1.29 is 24.5 Å². The fourth-order valence-electron chi connectivity index (χ4n) is 2.44. The van der Waals surface area contributed by atoms with Gasteiger partial charge in [0, 0.05) is 17.7 Å². The molecule has 1 atom stereocenters. The molecule has 3 rings (SSSR count). The van der Waals surface area contributed by atoms with Crippen LogP contribution in [0.25, 0.3) is 0 Å². The number of phenolic OH excluding ortho intramolecular Hbond substituents is 1. The summed E-state index contributed by atoms with van der Waals surface area (Å²) in [5.41, 5.74) is 1.15. The minimum absolute atomic E-state index is 0.0503. The first-order chi connectivity index (χ1) is 11.1. The third kappa shape index (κ3) is 2.84. The molecule has 23 heavy (non-hydrogen) atoms. The average Bonchev–Trinajstić information content (AvgIpc) is 2.52. The number of benzene rings is 2. The second-order valence-corrected chi connectivity index (χ2v) is 4.96. The average molecular weight is 313 g/mol. The zero-order chi connectivity index (χ0) is 16.4. The van der Waals surface area contributed by atoms with Gasteiger partial charge in [0.25, 0.3) is 0 Å². The van der Waals surface area contributed by atoms with Gasteiger partial charge in [-0.15, -0.1) is 0 Å². The van der Waals surface area contributed by atoms with Crippen LogP contribution in [0.1, 0.15) is 17.2 Å². The lowest BCUT2D eigenvalue weighted by Gasteiger charge is -2.27. The molecule has 1 aliphatic heterocycles. The van der Waals surface area contributed by atoms with E-state index in [4.69, 9.17) is 9.47 Å². The van der Waals surface area contributed by atoms with Gasteiger partial charge in [-0.25, -0.2) is 4.79 Å². The smallest absolute Gasteiger partial charge is 0.411 e. The molecule has 0 aliphatic carbocycles. The number of aromatic hydroxyl groups is 1. The van der Waals surface area contributed by atoms with E-state index in [9.17, 15) is 15.0 Å². The summed E-state index contributed by atoms with van der Waals surface area (Å²) in [4.78, 5) is 11.7. The molecule has 3 N–H and O–H groups in total. The van der Waals surface area contributed by atoms with Gasteiger partial charge in [0.1, 0.15) is 30.0 Å². The Morgan fingerprint density at radius 2 is 2.13 bits per heavy atom. The molecular weight excluding hydrogens is 298 g/mol. The Kier molecular flexibility index (Phi) is 3.91. The van der Waals surface area contributed by atoms with Crippen molar-refractivity contribution in [1.82, 2.24) is 0 Å². The zero-order valence-electron chi connectivity index (χ0n) is 12.2. The lowest BCUT2D eigenvalue weighted by atomic mass is 9.95. The molecule has 0 spiro atoms. The maximum absolute atomic E-state index is 11.7. The van der Waals surface area contributed by atoms with Crippen LogP contribution in [0.4, 0.5) is 10.5 Å². The normalized spacial score (nSPS) is 14.9. The molecule has 0 saturated heterocycles. The summed E-state index contributed by atoms with van der Waals surface area (Å²) < 4.78 is 10.6. The number of rotatable bonds is 3. The summed E-state index contributed by atoms with van der Waals surface area (Å²) in [7, 11) is 0. The van der Waals surface area contributed by atoms with Gasteiger partial charge in [0.2, 0.25) is 0 Å². The molecule has 0 fully saturated rings. The maximum atomic E-state index is 11.7. The van der Waals surface area contributed by atoms with Crippen LogP contribution in [0.2, 0.25) is 0 Å². The van der Waals surface area contributed by atoms with Crippen LogP contribution in [-0.2, 0) is 4.74 Å². The Labute approximate surface area is 132 Å². The van der Waals surface area contributed by atoms with E-state index in [1.165, 1.54) is 18.2 Å². The molecule has 1 amide bonds. The van der Waals surface area contributed by atoms with E-state index in [0.29, 0.717) is 16.9 Å². The van der Waals surface area contributed by atoms with Gasteiger partial charge in [-0.3, -0.25) is 5.32 Å². The fourth-order valence-corrected chi connectivity index (χ4v) is 2.44. The fraction of sp³-hybridized carbons (Fsp3) is 0.118. The molecule has 2 aromatic rings. The number of amides is 1. The van der Waals surface area contributed by atoms with Crippen molar-refractivity contribution in [3.8, 4) is 17.2 Å². The molecule has 6 nitrogen and oxygen atoms in total. The van der Waals surface area contributed by atoms with Gasteiger partial charge in [-0.2, -0.15) is 0 Å². The summed E-state index contributed by atoms with van der Waals surface area (Å²) >= 11 is 0. The van der Waals surface area contributed by atoms with Crippen molar-refractivity contribution in [2.45, 2.75) is 6.10 Å². The second-order valence-electron chi connectivity index (χ2n) is 4.96. The van der Waals surface area contributed by atoms with E-state index < -0.39 is 12.2 Å². The predicted molar refractivity (Wildman–Crippen MR) is 83.9 cm³/mol. The zero-order valence-corrected chi connectivity index (χ0v) is 12.2. The van der Waals surface area contributed by atoms with Crippen molar-refractivity contribution in [2.75, 3.05) is 11.9 Å². The van der Waals surface area contributed by atoms with Crippen molar-refractivity contribution in [3.05, 3.63) is 60.2 Å². The highest BCUT2D eigenvalue weighted by Crippen LogP contribution is 2.47. The Bertz CT molecular complexity index is 772. The summed E-state index contributed by atoms with van der Waals surface area (Å²) in [5.74, 6) is 0.669. The van der Waals surface area contributed by atoms with E-state index in [2.05, 4.69) is 11.9 Å². The number of aliphatic hydroxyl groups excluding tert-OH is 1. The van der Waals surface area contributed by atoms with E-state index >= 15 is 0 Å². The molecule has 0 radical (unpaired) electrons. The number of carbonyl (C=O) groups excluding carboxylic acids is 1. The van der Waals surface area contributed by atoms with Crippen molar-refractivity contribution in [1.29, 1.82) is 0 Å². The first-order valence-electron chi connectivity index (χ1n) is 6.96. The standard InChI is InChI=1S/C17H15NO5/c1-2-7-22-17(21)18-12-8-10(19)9-14-15(12)16(20)11-5-3-4-6-13(11)23-14/h2-6,8-9,16,19-20H,1,7H2,(H,18,21). The molecule has 118 valence electrons. The van der Waals surface area contributed by atoms with E-state index in [-0.39, 0.29) is 23.8 Å². The highest BCUT2D eigenvalue weighted by molar-refractivity contribution is 5.87. The minimum Gasteiger partial charge on any atom is -0.508 e. The topological polar surface area (TPSA) is 88.0 Å². The van der Waals surface area contributed by atoms with Gasteiger partial charge in [0.05, 0.1) is 11.3 Å². The van der Waals surface area contributed by atoms with E-state index in [1.54, 1.807) is 24.3 Å². The van der Waals surface area contributed by atoms with Gasteiger partial charge >= 0.3 is 6.09 Å². The third-order valence-corrected chi connectivity index (χ3v) is 3.40. The lowest BCUT2D eigenvalue weighted by molar-refractivity contribution is 0.174. The quantitative estimate of drug-likeness (QED) is 0.757. The molecule has 1 heterocycles. The summed E-state index contributed by atoms with van der Waals surface area (Å²) in [5, 5.41) is 22.9. The van der Waals surface area contributed by atoms with Crippen LogP contribution >= 0.6 is 0 Å². The number of hydrogen-bond acceptors (Lipinski definition) is 5. The maximum Gasteiger partial charge on any atom is 0.411 e. The molecule has 0 saturated carbocycles. The second kappa shape index (κ2) is 6.02. The summed E-state index contributed by atoms with van der Waals surface area (Å²) in [6, 6.07) is 9.73. The minimum atomic E-state index is -0.995. The molecule has 1 aliphatic rings. The van der Waals surface area contributed by atoms with Crippen molar-refractivity contribution in [3.63, 3.8) is 0 Å². The van der Waals surface area contributed by atoms with Crippen LogP contribution in [0.3, 0.4) is 0 Å². The number of para-hydroxylation sites is 1. The highest BCUT2D eigenvalue weighted by atomic mass is 16.5. The molecule has 0 bridgehead atoms. The summed E-state index contributed by atoms with van der Waals surface area (Å²) in [6.45, 7) is 3.51. The van der Waals surface area contributed by atoms with Crippen molar-refractivity contribution >= 4 is 11.8 Å². The Balaban J connectivity index is 1.99. The van der Waals surface area contributed by atoms with Gasteiger partial charge in [-0.1, -0.05) is 30.9 Å².